The molecule has 0 spiro atoms. The minimum Gasteiger partial charge on any atom is -0.497 e. The molecular weight excluding hydrogens is 1530 g/mol. The zero-order valence-electron chi connectivity index (χ0n) is 70.1. The molecule has 13 heteroatoms. The Balaban J connectivity index is 0.0000000956. The Morgan fingerprint density at radius 1 is 0.200 bits per heavy atom. The van der Waals surface area contributed by atoms with E-state index in [1.807, 2.05) is 42.5 Å². The van der Waals surface area contributed by atoms with Crippen molar-refractivity contribution in [3.05, 3.63) is 405 Å². The number of methoxy groups -OCH3 is 3. The van der Waals surface area contributed by atoms with Gasteiger partial charge in [-0.3, -0.25) is 0 Å². The highest BCUT2D eigenvalue weighted by Gasteiger charge is 2.22. The first-order valence-corrected chi connectivity index (χ1v) is 42.0. The van der Waals surface area contributed by atoms with Crippen LogP contribution in [0.4, 0.5) is 0 Å². The molecular formula is C112H84N10O3. The summed E-state index contributed by atoms with van der Waals surface area (Å²) in [5, 5.41) is 12.1. The molecule has 13 nitrogen and oxygen atoms in total. The number of ether oxygens (including phenoxy) is 3. The van der Waals surface area contributed by atoms with Crippen LogP contribution in [0.1, 0.15) is 22.3 Å². The molecule has 0 bridgehead atoms. The summed E-state index contributed by atoms with van der Waals surface area (Å²) in [5.74, 6) is 2.57. The summed E-state index contributed by atoms with van der Waals surface area (Å²) in [4.78, 5) is 25.1. The number of hydrogen-bond donors (Lipinski definition) is 0. The molecule has 15 aromatic heterocycles. The van der Waals surface area contributed by atoms with E-state index in [0.29, 0.717) is 0 Å². The second kappa shape index (κ2) is 32.0. The second-order valence-corrected chi connectivity index (χ2v) is 31.8. The van der Waals surface area contributed by atoms with Gasteiger partial charge in [0.2, 0.25) is 0 Å². The zero-order valence-corrected chi connectivity index (χ0v) is 70.1. The van der Waals surface area contributed by atoms with Crippen LogP contribution in [-0.4, -0.2) is 68.3 Å². The van der Waals surface area contributed by atoms with E-state index in [1.54, 1.807) is 21.3 Å². The van der Waals surface area contributed by atoms with Crippen molar-refractivity contribution in [1.29, 1.82) is 0 Å². The minimum absolute atomic E-state index is 0.835. The molecule has 0 fully saturated rings. The minimum atomic E-state index is 0.835. The van der Waals surface area contributed by atoms with Crippen molar-refractivity contribution in [3.8, 4) is 73.5 Å². The molecule has 0 saturated heterocycles. The Labute approximate surface area is 720 Å². The summed E-state index contributed by atoms with van der Waals surface area (Å²) >= 11 is 0. The van der Waals surface area contributed by atoms with E-state index < -0.39 is 0 Å². The predicted octanol–water partition coefficient (Wildman–Crippen LogP) is 27.8. The average Bonchev–Trinajstić information content (AvgIpc) is 1.67. The first kappa shape index (κ1) is 76.2. The van der Waals surface area contributed by atoms with E-state index in [4.69, 9.17) is 39.1 Å². The topological polar surface area (TPSA) is 114 Å². The Morgan fingerprint density at radius 3 is 0.816 bits per heavy atom. The molecule has 125 heavy (non-hydrogen) atoms. The fraction of sp³-hybridized carbons (Fsp3) is 0.0625. The average molecular weight is 1620 g/mol. The summed E-state index contributed by atoms with van der Waals surface area (Å²) in [6.45, 7) is 8.36. The van der Waals surface area contributed by atoms with Gasteiger partial charge in [-0.25, -0.2) is 24.9 Å². The highest BCUT2D eigenvalue weighted by Crippen LogP contribution is 2.43. The lowest BCUT2D eigenvalue weighted by Gasteiger charge is -2.11. The van der Waals surface area contributed by atoms with Crippen LogP contribution < -0.4 is 14.2 Å². The van der Waals surface area contributed by atoms with Crippen molar-refractivity contribution < 1.29 is 14.2 Å². The van der Waals surface area contributed by atoms with Gasteiger partial charge in [-0.15, -0.1) is 0 Å². The van der Waals surface area contributed by atoms with Crippen LogP contribution in [0.2, 0.25) is 0 Å². The quantitative estimate of drug-likeness (QED) is 0.148. The third kappa shape index (κ3) is 13.9. The molecule has 0 aliphatic carbocycles. The molecule has 0 aliphatic heterocycles. The van der Waals surface area contributed by atoms with Crippen LogP contribution in [0, 0.1) is 27.7 Å². The van der Waals surface area contributed by atoms with E-state index in [9.17, 15) is 0 Å². The van der Waals surface area contributed by atoms with Gasteiger partial charge in [0.05, 0.1) is 105 Å². The van der Waals surface area contributed by atoms with Gasteiger partial charge in [0.1, 0.15) is 17.2 Å². The highest BCUT2D eigenvalue weighted by molar-refractivity contribution is 6.17. The Kier molecular flexibility index (Phi) is 19.5. The number of fused-ring (bicyclic) bond motifs is 25. The van der Waals surface area contributed by atoms with Gasteiger partial charge in [0.25, 0.3) is 0 Å². The monoisotopic (exact) mass is 1620 g/mol. The highest BCUT2D eigenvalue weighted by atomic mass is 16.5. The molecule has 25 rings (SSSR count). The molecule has 0 amide bonds. The van der Waals surface area contributed by atoms with Crippen molar-refractivity contribution in [2.45, 2.75) is 27.7 Å². The first-order chi connectivity index (χ1) is 61.5. The van der Waals surface area contributed by atoms with Gasteiger partial charge < -0.3 is 36.2 Å². The van der Waals surface area contributed by atoms with Gasteiger partial charge in [-0.2, -0.15) is 0 Å². The molecule has 0 saturated carbocycles. The van der Waals surface area contributed by atoms with Crippen LogP contribution in [-0.2, 0) is 0 Å². The molecule has 0 unspecified atom stereocenters. The van der Waals surface area contributed by atoms with E-state index in [1.165, 1.54) is 104 Å². The van der Waals surface area contributed by atoms with Gasteiger partial charge in [0.15, 0.2) is 0 Å². The van der Waals surface area contributed by atoms with Crippen molar-refractivity contribution in [2.24, 2.45) is 0 Å². The number of aromatic nitrogens is 10. The summed E-state index contributed by atoms with van der Waals surface area (Å²) in [7, 11) is 5.10. The van der Waals surface area contributed by atoms with E-state index >= 15 is 0 Å². The molecule has 15 heterocycles. The van der Waals surface area contributed by atoms with Gasteiger partial charge in [-0.05, 0) is 197 Å². The Bertz CT molecular complexity index is 8310. The lowest BCUT2D eigenvalue weighted by Crippen LogP contribution is -1.93. The molecule has 0 N–H and O–H groups in total. The maximum atomic E-state index is 5.54. The molecule has 0 radical (unpaired) electrons. The smallest absolute Gasteiger partial charge is 0.122 e. The Hall–Kier alpha value is -16.3. The summed E-state index contributed by atoms with van der Waals surface area (Å²) in [6.07, 6.45) is 10.5. The molecule has 0 atom stereocenters. The van der Waals surface area contributed by atoms with Crippen LogP contribution in [0.25, 0.3) is 193 Å². The number of aryl methyl sites for hydroxylation is 4. The largest absolute Gasteiger partial charge is 0.497 e. The summed E-state index contributed by atoms with van der Waals surface area (Å²) in [5.41, 5.74) is 32.0. The molecule has 600 valence electrons. The third-order valence-electron chi connectivity index (χ3n) is 23.9. The fourth-order valence-electron chi connectivity index (χ4n) is 17.9. The number of para-hydroxylation sites is 5. The molecule has 25 aromatic rings. The van der Waals surface area contributed by atoms with Crippen LogP contribution in [0.15, 0.2) is 383 Å². The lowest BCUT2D eigenvalue weighted by molar-refractivity contribution is 0.412. The van der Waals surface area contributed by atoms with Gasteiger partial charge in [-0.1, -0.05) is 205 Å². The predicted molar refractivity (Wildman–Crippen MR) is 517 cm³/mol. The van der Waals surface area contributed by atoms with Gasteiger partial charge in [0, 0.05) is 140 Å². The first-order valence-electron chi connectivity index (χ1n) is 42.0. The van der Waals surface area contributed by atoms with Crippen molar-refractivity contribution in [1.82, 2.24) is 46.9 Å². The number of rotatable bonds is 8. The number of hydrogen-bond acceptors (Lipinski definition) is 8. The van der Waals surface area contributed by atoms with E-state index in [0.717, 1.165) is 129 Å². The van der Waals surface area contributed by atoms with E-state index in [-0.39, 0.29) is 0 Å². The zero-order chi connectivity index (χ0) is 84.3. The molecule has 0 aliphatic rings. The van der Waals surface area contributed by atoms with Crippen molar-refractivity contribution >= 4 is 137 Å². The SMILES string of the molecule is COc1cc(-c2nc3ccccc3c3cc4ccccn4c23)ccc1C.COc1cc(C)cc(-c2nc3ccccc3c3cc4ccccn4c23)c1.COc1cccc(-c2nc3ccccc3c3cc4ccccn4c23)c1.Cc1ccc(-c2nc3ccccc3c3cc4ccccn4c23)cc1.Cc1ccc(-c2nc3ccccc3c3cc4ccccn4c23)cc1. The van der Waals surface area contributed by atoms with Crippen LogP contribution in [0.5, 0.6) is 17.2 Å². The maximum Gasteiger partial charge on any atom is 0.122 e. The summed E-state index contributed by atoms with van der Waals surface area (Å²) in [6, 6.07) is 122. The van der Waals surface area contributed by atoms with Crippen molar-refractivity contribution in [2.75, 3.05) is 21.3 Å². The van der Waals surface area contributed by atoms with E-state index in [2.05, 4.69) is 390 Å². The molecule has 10 aromatic carbocycles. The second-order valence-electron chi connectivity index (χ2n) is 31.8. The normalized spacial score (nSPS) is 11.5. The van der Waals surface area contributed by atoms with Gasteiger partial charge >= 0.3 is 0 Å². The number of nitrogens with zero attached hydrogens (tertiary/aromatic N) is 10. The third-order valence-corrected chi connectivity index (χ3v) is 23.9. The number of pyridine rings is 10. The fourth-order valence-corrected chi connectivity index (χ4v) is 17.9. The lowest BCUT2D eigenvalue weighted by atomic mass is 10.0. The maximum absolute atomic E-state index is 5.54. The van der Waals surface area contributed by atoms with Crippen molar-refractivity contribution in [3.63, 3.8) is 0 Å². The summed E-state index contributed by atoms with van der Waals surface area (Å²) < 4.78 is 27.6. The van der Waals surface area contributed by atoms with Crippen LogP contribution >= 0.6 is 0 Å². The number of benzene rings is 10. The standard InChI is InChI=1S/2C23H18N2O.C22H16N2O.2C22H16N2/c1-15-10-11-16(13-21(15)26-2)22-23-19(14-17-7-5-6-12-25(17)23)18-8-3-4-9-20(18)24-22;1-15-11-16(13-18(12-15)26-2)22-23-20(14-17-7-5-6-10-25(17)23)19-8-3-4-9-21(19)24-22;1-25-17-9-6-7-15(13-17)21-22-19(14-16-8-4-5-12-24(16)22)18-10-2-3-11-20(18)23-21;2*1-15-9-11-16(12-10-15)21-22-19(14-17-6-4-5-13-24(17)22)18-7-2-3-8-20(18)23-21/h2*3-14H,1-2H3;2-14H,1H3;2*2-14H,1H3. The van der Waals surface area contributed by atoms with Crippen LogP contribution in [0.3, 0.4) is 0 Å². The Morgan fingerprint density at radius 2 is 0.488 bits per heavy atom.